The van der Waals surface area contributed by atoms with Crippen LogP contribution in [0.2, 0.25) is 0 Å². The first-order valence-electron chi connectivity index (χ1n) is 8.96. The Bertz CT molecular complexity index is 914. The summed E-state index contributed by atoms with van der Waals surface area (Å²) in [6, 6.07) is 10.3. The average Bonchev–Trinajstić information content (AvgIpc) is 2.66. The van der Waals surface area contributed by atoms with Crippen molar-refractivity contribution in [3.8, 4) is 5.75 Å². The molecule has 0 spiro atoms. The van der Waals surface area contributed by atoms with Crippen LogP contribution in [0.1, 0.15) is 25.3 Å². The molecule has 2 aromatic carbocycles. The number of unbranched alkanes of at least 4 members (excludes halogenated alkanes) is 1. The van der Waals surface area contributed by atoms with E-state index in [9.17, 15) is 17.6 Å². The molecule has 2 aromatic rings. The second-order valence-electron chi connectivity index (χ2n) is 6.40. The first kappa shape index (κ1) is 21.8. The van der Waals surface area contributed by atoms with E-state index in [2.05, 4.69) is 5.32 Å². The summed E-state index contributed by atoms with van der Waals surface area (Å²) in [5, 5.41) is 2.68. The van der Waals surface area contributed by atoms with Crippen molar-refractivity contribution in [1.29, 1.82) is 0 Å². The topological polar surface area (TPSA) is 75.7 Å². The molecule has 28 heavy (non-hydrogen) atoms. The predicted octanol–water partition coefficient (Wildman–Crippen LogP) is 3.44. The van der Waals surface area contributed by atoms with Crippen molar-refractivity contribution in [2.24, 2.45) is 0 Å². The van der Waals surface area contributed by atoms with Crippen LogP contribution in [0.5, 0.6) is 5.75 Å². The lowest BCUT2D eigenvalue weighted by molar-refractivity contribution is -0.115. The molecule has 0 heterocycles. The number of sulfonamides is 1. The third-order valence-electron chi connectivity index (χ3n) is 4.25. The number of nitrogens with one attached hydrogen (secondary N) is 1. The quantitative estimate of drug-likeness (QED) is 0.690. The smallest absolute Gasteiger partial charge is 0.242 e. The van der Waals surface area contributed by atoms with Gasteiger partial charge < -0.3 is 10.1 Å². The van der Waals surface area contributed by atoms with Crippen LogP contribution in [0.4, 0.5) is 10.1 Å². The maximum atomic E-state index is 13.7. The van der Waals surface area contributed by atoms with Crippen molar-refractivity contribution in [1.82, 2.24) is 4.31 Å². The second-order valence-corrected chi connectivity index (χ2v) is 8.44. The Morgan fingerprint density at radius 2 is 1.86 bits per heavy atom. The number of amides is 1. The molecule has 0 atom stereocenters. The highest BCUT2D eigenvalue weighted by atomic mass is 32.2. The number of carbonyl (C=O) groups is 1. The number of ether oxygens (including phenoxy) is 1. The minimum Gasteiger partial charge on any atom is -0.494 e. The van der Waals surface area contributed by atoms with Gasteiger partial charge in [0.2, 0.25) is 15.9 Å². The summed E-state index contributed by atoms with van der Waals surface area (Å²) < 4.78 is 44.9. The second kappa shape index (κ2) is 9.66. The van der Waals surface area contributed by atoms with Crippen molar-refractivity contribution in [2.75, 3.05) is 26.0 Å². The lowest BCUT2D eigenvalue weighted by atomic mass is 10.1. The SMILES string of the molecule is CCCCN(C)S(=O)(=O)c1ccc(NC(=O)Cc2ccc(OC)c(F)c2)cc1. The number of rotatable bonds is 9. The van der Waals surface area contributed by atoms with Crippen LogP contribution in [0.15, 0.2) is 47.4 Å². The first-order valence-corrected chi connectivity index (χ1v) is 10.4. The van der Waals surface area contributed by atoms with Gasteiger partial charge in [-0.2, -0.15) is 0 Å². The molecule has 0 saturated carbocycles. The monoisotopic (exact) mass is 408 g/mol. The number of halogens is 1. The minimum atomic E-state index is -3.55. The normalized spacial score (nSPS) is 11.5. The Balaban J connectivity index is 2.01. The summed E-state index contributed by atoms with van der Waals surface area (Å²) in [5.74, 6) is -0.750. The molecule has 0 aliphatic heterocycles. The van der Waals surface area contributed by atoms with Crippen molar-refractivity contribution in [2.45, 2.75) is 31.1 Å². The molecule has 1 amide bonds. The Labute approximate surface area is 165 Å². The first-order chi connectivity index (χ1) is 13.3. The number of nitrogens with zero attached hydrogens (tertiary/aromatic N) is 1. The Morgan fingerprint density at radius 1 is 1.18 bits per heavy atom. The molecule has 0 aliphatic rings. The van der Waals surface area contributed by atoms with E-state index in [1.54, 1.807) is 13.1 Å². The number of anilines is 1. The van der Waals surface area contributed by atoms with Gasteiger partial charge in [0.1, 0.15) is 0 Å². The summed E-state index contributed by atoms with van der Waals surface area (Å²) in [6.45, 7) is 2.45. The largest absolute Gasteiger partial charge is 0.494 e. The maximum absolute atomic E-state index is 13.7. The van der Waals surface area contributed by atoms with Gasteiger partial charge >= 0.3 is 0 Å². The van der Waals surface area contributed by atoms with Gasteiger partial charge in [-0.1, -0.05) is 19.4 Å². The summed E-state index contributed by atoms with van der Waals surface area (Å²) >= 11 is 0. The van der Waals surface area contributed by atoms with E-state index in [0.29, 0.717) is 17.8 Å². The Morgan fingerprint density at radius 3 is 2.43 bits per heavy atom. The molecule has 0 aromatic heterocycles. The molecule has 0 aliphatic carbocycles. The molecule has 0 radical (unpaired) electrons. The molecule has 1 N–H and O–H groups in total. The van der Waals surface area contributed by atoms with E-state index < -0.39 is 15.8 Å². The van der Waals surface area contributed by atoms with Crippen molar-refractivity contribution < 1.29 is 22.3 Å². The van der Waals surface area contributed by atoms with Crippen LogP contribution in [-0.4, -0.2) is 39.3 Å². The molecule has 6 nitrogen and oxygen atoms in total. The fraction of sp³-hybridized carbons (Fsp3) is 0.350. The van der Waals surface area contributed by atoms with Crippen LogP contribution in [0.3, 0.4) is 0 Å². The van der Waals surface area contributed by atoms with Gasteiger partial charge in [0.05, 0.1) is 18.4 Å². The Hall–Kier alpha value is -2.45. The van der Waals surface area contributed by atoms with Crippen LogP contribution >= 0.6 is 0 Å². The lowest BCUT2D eigenvalue weighted by Gasteiger charge is -2.17. The van der Waals surface area contributed by atoms with Gasteiger partial charge in [-0.05, 0) is 48.4 Å². The maximum Gasteiger partial charge on any atom is 0.242 e. The van der Waals surface area contributed by atoms with Crippen molar-refractivity contribution in [3.63, 3.8) is 0 Å². The number of hydrogen-bond donors (Lipinski definition) is 1. The Kier molecular flexibility index (Phi) is 7.53. The summed E-state index contributed by atoms with van der Waals surface area (Å²) in [4.78, 5) is 12.3. The standard InChI is InChI=1S/C20H25FN2O4S/c1-4-5-12-23(2)28(25,26)17-9-7-16(8-10-17)22-20(24)14-15-6-11-19(27-3)18(21)13-15/h6-11,13H,4-5,12,14H2,1-3H3,(H,22,24). The van der Waals surface area contributed by atoms with Gasteiger partial charge in [-0.25, -0.2) is 17.1 Å². The summed E-state index contributed by atoms with van der Waals surface area (Å²) in [5.41, 5.74) is 0.974. The van der Waals surface area contributed by atoms with E-state index in [1.165, 1.54) is 47.8 Å². The van der Waals surface area contributed by atoms with Crippen LogP contribution in [0, 0.1) is 5.82 Å². The van der Waals surface area contributed by atoms with Crippen LogP contribution in [0.25, 0.3) is 0 Å². The predicted molar refractivity (Wildman–Crippen MR) is 106 cm³/mol. The molecular formula is C20H25FN2O4S. The molecular weight excluding hydrogens is 383 g/mol. The van der Waals surface area contributed by atoms with Crippen molar-refractivity contribution in [3.05, 3.63) is 53.8 Å². The highest BCUT2D eigenvalue weighted by Crippen LogP contribution is 2.20. The molecule has 0 bridgehead atoms. The van der Waals surface area contributed by atoms with Gasteiger partial charge in [-0.3, -0.25) is 4.79 Å². The van der Waals surface area contributed by atoms with E-state index in [0.717, 1.165) is 12.8 Å². The molecule has 0 unspecified atom stereocenters. The number of carbonyl (C=O) groups excluding carboxylic acids is 1. The third kappa shape index (κ3) is 5.53. The minimum absolute atomic E-state index is 0.0132. The highest BCUT2D eigenvalue weighted by Gasteiger charge is 2.20. The number of methoxy groups -OCH3 is 1. The van der Waals surface area contributed by atoms with E-state index in [4.69, 9.17) is 4.74 Å². The van der Waals surface area contributed by atoms with Crippen LogP contribution < -0.4 is 10.1 Å². The van der Waals surface area contributed by atoms with E-state index >= 15 is 0 Å². The highest BCUT2D eigenvalue weighted by molar-refractivity contribution is 7.89. The summed E-state index contributed by atoms with van der Waals surface area (Å²) in [6.07, 6.45) is 1.68. The zero-order valence-electron chi connectivity index (χ0n) is 16.2. The number of benzene rings is 2. The van der Waals surface area contributed by atoms with Gasteiger partial charge in [0.15, 0.2) is 11.6 Å². The summed E-state index contributed by atoms with van der Waals surface area (Å²) in [7, 11) is -0.628. The van der Waals surface area contributed by atoms with E-state index in [1.807, 2.05) is 6.92 Å². The number of hydrogen-bond acceptors (Lipinski definition) is 4. The molecule has 0 saturated heterocycles. The van der Waals surface area contributed by atoms with Gasteiger partial charge in [0.25, 0.3) is 0 Å². The van der Waals surface area contributed by atoms with Gasteiger partial charge in [0, 0.05) is 19.3 Å². The van der Waals surface area contributed by atoms with Crippen LogP contribution in [-0.2, 0) is 21.2 Å². The molecule has 152 valence electrons. The lowest BCUT2D eigenvalue weighted by Crippen LogP contribution is -2.27. The van der Waals surface area contributed by atoms with E-state index in [-0.39, 0.29) is 23.0 Å². The zero-order chi connectivity index (χ0) is 20.7. The molecule has 0 fully saturated rings. The molecule has 2 rings (SSSR count). The fourth-order valence-corrected chi connectivity index (χ4v) is 3.81. The van der Waals surface area contributed by atoms with Gasteiger partial charge in [-0.15, -0.1) is 0 Å². The average molecular weight is 408 g/mol. The van der Waals surface area contributed by atoms with Crippen molar-refractivity contribution >= 4 is 21.6 Å². The zero-order valence-corrected chi connectivity index (χ0v) is 17.1. The fourth-order valence-electron chi connectivity index (χ4n) is 2.60. The molecule has 8 heteroatoms. The third-order valence-corrected chi connectivity index (χ3v) is 6.12.